The lowest BCUT2D eigenvalue weighted by Gasteiger charge is -2.08. The number of carbonyl (C=O) groups excluding carboxylic acids is 1. The first kappa shape index (κ1) is 19.4. The maximum absolute atomic E-state index is 14.1. The van der Waals surface area contributed by atoms with E-state index in [-0.39, 0.29) is 22.9 Å². The molecule has 4 aromatic rings. The molecular weight excluding hydrogens is 408 g/mol. The van der Waals surface area contributed by atoms with Gasteiger partial charge < -0.3 is 9.30 Å². The van der Waals surface area contributed by atoms with Crippen LogP contribution in [0.3, 0.4) is 0 Å². The van der Waals surface area contributed by atoms with Gasteiger partial charge in [-0.25, -0.2) is 22.5 Å². The minimum atomic E-state index is -1.32. The van der Waals surface area contributed by atoms with Gasteiger partial charge in [-0.2, -0.15) is 0 Å². The second-order valence-corrected chi connectivity index (χ2v) is 7.36. The number of hydrogen-bond acceptors (Lipinski definition) is 4. The van der Waals surface area contributed by atoms with Crippen LogP contribution in [-0.2, 0) is 16.1 Å². The van der Waals surface area contributed by atoms with Crippen LogP contribution in [0.2, 0.25) is 0 Å². The SMILES string of the molecule is CCOC(=O)Cn1c(C)c(-c2nc3c(F)c(F)cc(F)c3s2)c2ccc(F)cc21. The van der Waals surface area contributed by atoms with E-state index < -0.39 is 34.8 Å². The number of hydrogen-bond donors (Lipinski definition) is 0. The molecule has 0 bridgehead atoms. The fourth-order valence-electron chi connectivity index (χ4n) is 3.35. The van der Waals surface area contributed by atoms with E-state index in [1.54, 1.807) is 18.4 Å². The fourth-order valence-corrected chi connectivity index (χ4v) is 4.43. The Morgan fingerprint density at radius 1 is 1.17 bits per heavy atom. The molecule has 4 nitrogen and oxygen atoms in total. The molecule has 0 radical (unpaired) electrons. The molecule has 0 unspecified atom stereocenters. The van der Waals surface area contributed by atoms with Crippen molar-refractivity contribution >= 4 is 38.4 Å². The quantitative estimate of drug-likeness (QED) is 0.253. The summed E-state index contributed by atoms with van der Waals surface area (Å²) in [7, 11) is 0. The van der Waals surface area contributed by atoms with Crippen LogP contribution in [0.15, 0.2) is 24.3 Å². The Bertz CT molecular complexity index is 1280. The molecule has 2 aromatic heterocycles. The van der Waals surface area contributed by atoms with Crippen molar-refractivity contribution in [3.8, 4) is 10.6 Å². The smallest absolute Gasteiger partial charge is 0.325 e. The van der Waals surface area contributed by atoms with Crippen LogP contribution in [-0.4, -0.2) is 22.1 Å². The van der Waals surface area contributed by atoms with Gasteiger partial charge in [-0.3, -0.25) is 4.79 Å². The number of nitrogens with zero attached hydrogens (tertiary/aromatic N) is 2. The van der Waals surface area contributed by atoms with Crippen LogP contribution in [0, 0.1) is 30.2 Å². The topological polar surface area (TPSA) is 44.1 Å². The lowest BCUT2D eigenvalue weighted by molar-refractivity contribution is -0.143. The van der Waals surface area contributed by atoms with Crippen molar-refractivity contribution in [2.75, 3.05) is 6.61 Å². The van der Waals surface area contributed by atoms with E-state index in [1.807, 2.05) is 0 Å². The summed E-state index contributed by atoms with van der Waals surface area (Å²) in [6.45, 7) is 3.39. The number of carbonyl (C=O) groups is 1. The van der Waals surface area contributed by atoms with Gasteiger partial charge in [0.05, 0.1) is 16.8 Å². The molecule has 0 aliphatic heterocycles. The first-order valence-electron chi connectivity index (χ1n) is 8.70. The third-order valence-electron chi connectivity index (χ3n) is 4.61. The minimum absolute atomic E-state index is 0.119. The number of thiazole rings is 1. The summed E-state index contributed by atoms with van der Waals surface area (Å²) in [6, 6.07) is 4.49. The van der Waals surface area contributed by atoms with E-state index in [4.69, 9.17) is 4.74 Å². The third kappa shape index (κ3) is 3.15. The van der Waals surface area contributed by atoms with Crippen molar-refractivity contribution in [1.29, 1.82) is 0 Å². The van der Waals surface area contributed by atoms with Gasteiger partial charge >= 0.3 is 5.97 Å². The van der Waals surface area contributed by atoms with Crippen molar-refractivity contribution in [3.05, 3.63) is 53.2 Å². The van der Waals surface area contributed by atoms with E-state index in [1.165, 1.54) is 18.2 Å². The summed E-state index contributed by atoms with van der Waals surface area (Å²) in [5.41, 5.74) is 1.04. The predicted octanol–water partition coefficient (Wildman–Crippen LogP) is 5.35. The maximum atomic E-state index is 14.1. The number of fused-ring (bicyclic) bond motifs is 2. The zero-order valence-corrected chi connectivity index (χ0v) is 16.2. The van der Waals surface area contributed by atoms with Crippen molar-refractivity contribution in [3.63, 3.8) is 0 Å². The van der Waals surface area contributed by atoms with E-state index in [2.05, 4.69) is 4.98 Å². The van der Waals surface area contributed by atoms with Crippen LogP contribution in [0.5, 0.6) is 0 Å². The number of rotatable bonds is 4. The molecule has 0 spiro atoms. The largest absolute Gasteiger partial charge is 0.465 e. The highest BCUT2D eigenvalue weighted by atomic mass is 32.1. The number of halogens is 4. The van der Waals surface area contributed by atoms with E-state index in [0.717, 1.165) is 11.3 Å². The second kappa shape index (κ2) is 7.14. The van der Waals surface area contributed by atoms with Crippen LogP contribution in [0.4, 0.5) is 17.6 Å². The average Bonchev–Trinajstić information content (AvgIpc) is 3.21. The molecule has 0 N–H and O–H groups in total. The molecule has 2 heterocycles. The first-order chi connectivity index (χ1) is 13.8. The minimum Gasteiger partial charge on any atom is -0.465 e. The summed E-state index contributed by atoms with van der Waals surface area (Å²) in [5.74, 6) is -4.48. The zero-order chi connectivity index (χ0) is 20.9. The zero-order valence-electron chi connectivity index (χ0n) is 15.4. The molecule has 150 valence electrons. The fraction of sp³-hybridized carbons (Fsp3) is 0.200. The van der Waals surface area contributed by atoms with Crippen molar-refractivity contribution in [1.82, 2.24) is 9.55 Å². The Hall–Kier alpha value is -2.94. The van der Waals surface area contributed by atoms with Crippen LogP contribution in [0.1, 0.15) is 12.6 Å². The lowest BCUT2D eigenvalue weighted by Crippen LogP contribution is -2.14. The van der Waals surface area contributed by atoms with Gasteiger partial charge in [0, 0.05) is 22.7 Å². The van der Waals surface area contributed by atoms with Gasteiger partial charge in [0.1, 0.15) is 28.7 Å². The Kier molecular flexibility index (Phi) is 4.77. The Morgan fingerprint density at radius 3 is 2.66 bits per heavy atom. The first-order valence-corrected chi connectivity index (χ1v) is 9.51. The summed E-state index contributed by atoms with van der Waals surface area (Å²) >= 11 is 0.860. The Balaban J connectivity index is 1.98. The summed E-state index contributed by atoms with van der Waals surface area (Å²) in [5, 5.41) is 0.786. The monoisotopic (exact) mass is 422 g/mol. The molecule has 0 amide bonds. The lowest BCUT2D eigenvalue weighted by atomic mass is 10.1. The molecule has 0 saturated heterocycles. The third-order valence-corrected chi connectivity index (χ3v) is 5.69. The van der Waals surface area contributed by atoms with E-state index >= 15 is 0 Å². The van der Waals surface area contributed by atoms with Crippen LogP contribution in [0.25, 0.3) is 31.7 Å². The highest BCUT2D eigenvalue weighted by Gasteiger charge is 2.23. The van der Waals surface area contributed by atoms with Crippen molar-refractivity contribution in [2.24, 2.45) is 0 Å². The molecule has 0 aliphatic carbocycles. The number of benzene rings is 2. The van der Waals surface area contributed by atoms with Crippen LogP contribution >= 0.6 is 11.3 Å². The highest BCUT2D eigenvalue weighted by molar-refractivity contribution is 7.21. The molecular formula is C20H14F4N2O2S. The maximum Gasteiger partial charge on any atom is 0.325 e. The van der Waals surface area contributed by atoms with Crippen LogP contribution < -0.4 is 0 Å². The summed E-state index contributed by atoms with van der Waals surface area (Å²) < 4.78 is 62.1. The second-order valence-electron chi connectivity index (χ2n) is 6.36. The van der Waals surface area contributed by atoms with Gasteiger partial charge in [-0.05, 0) is 32.0 Å². The highest BCUT2D eigenvalue weighted by Crippen LogP contribution is 2.40. The molecule has 29 heavy (non-hydrogen) atoms. The number of ether oxygens (including phenoxy) is 1. The standard InChI is InChI=1S/C20H14F4N2O2S/c1-3-28-15(27)8-26-9(2)16(11-5-4-10(21)6-14(11)26)20-25-18-17(24)12(22)7-13(23)19(18)29-20/h4-7H,3,8H2,1-2H3. The van der Waals surface area contributed by atoms with Gasteiger partial charge in [0.15, 0.2) is 11.6 Å². The van der Waals surface area contributed by atoms with Crippen molar-refractivity contribution in [2.45, 2.75) is 20.4 Å². The molecule has 0 aliphatic rings. The Morgan fingerprint density at radius 2 is 1.93 bits per heavy atom. The van der Waals surface area contributed by atoms with Gasteiger partial charge in [0.2, 0.25) is 0 Å². The molecule has 2 aromatic carbocycles. The molecule has 0 atom stereocenters. The summed E-state index contributed by atoms with van der Waals surface area (Å²) in [4.78, 5) is 16.1. The Labute approximate surface area is 166 Å². The molecule has 0 saturated carbocycles. The number of esters is 1. The number of aromatic nitrogens is 2. The average molecular weight is 422 g/mol. The molecule has 4 rings (SSSR count). The molecule has 9 heteroatoms. The van der Waals surface area contributed by atoms with Crippen molar-refractivity contribution < 1.29 is 27.1 Å². The van der Waals surface area contributed by atoms with Gasteiger partial charge in [-0.15, -0.1) is 11.3 Å². The van der Waals surface area contributed by atoms with E-state index in [0.29, 0.717) is 28.2 Å². The van der Waals surface area contributed by atoms with E-state index in [9.17, 15) is 22.4 Å². The predicted molar refractivity (Wildman–Crippen MR) is 102 cm³/mol. The van der Waals surface area contributed by atoms with Gasteiger partial charge in [-0.1, -0.05) is 0 Å². The molecule has 0 fully saturated rings. The normalized spacial score (nSPS) is 11.5. The van der Waals surface area contributed by atoms with Gasteiger partial charge in [0.25, 0.3) is 0 Å². The summed E-state index contributed by atoms with van der Waals surface area (Å²) in [6.07, 6.45) is 0.